The quantitative estimate of drug-likeness (QED) is 0.846. The van der Waals surface area contributed by atoms with E-state index in [1.54, 1.807) is 19.1 Å². The van der Waals surface area contributed by atoms with Crippen LogP contribution in [0.5, 0.6) is 0 Å². The molecule has 0 atom stereocenters. The lowest BCUT2D eigenvalue weighted by atomic mass is 10.1. The summed E-state index contributed by atoms with van der Waals surface area (Å²) in [5, 5.41) is 0. The third-order valence-corrected chi connectivity index (χ3v) is 4.26. The molecule has 1 aromatic carbocycles. The van der Waals surface area contributed by atoms with E-state index in [0.717, 1.165) is 19.3 Å². The number of rotatable bonds is 3. The van der Waals surface area contributed by atoms with Crippen molar-refractivity contribution in [3.05, 3.63) is 29.3 Å². The highest BCUT2D eigenvalue weighted by atomic mass is 32.2. The SMILES string of the molecule is CCNS(=O)(=O)c1ccc2c(c1)CCC2. The van der Waals surface area contributed by atoms with Crippen LogP contribution in [0.2, 0.25) is 0 Å². The number of benzene rings is 1. The van der Waals surface area contributed by atoms with Gasteiger partial charge in [0.2, 0.25) is 10.0 Å². The van der Waals surface area contributed by atoms with Gasteiger partial charge in [-0.3, -0.25) is 0 Å². The van der Waals surface area contributed by atoms with Gasteiger partial charge < -0.3 is 0 Å². The fraction of sp³-hybridized carbons (Fsp3) is 0.455. The van der Waals surface area contributed by atoms with E-state index in [1.807, 2.05) is 6.07 Å². The van der Waals surface area contributed by atoms with Crippen LogP contribution in [0.15, 0.2) is 23.1 Å². The highest BCUT2D eigenvalue weighted by molar-refractivity contribution is 7.89. The van der Waals surface area contributed by atoms with Gasteiger partial charge >= 0.3 is 0 Å². The van der Waals surface area contributed by atoms with Gasteiger partial charge in [-0.05, 0) is 42.5 Å². The van der Waals surface area contributed by atoms with Crippen molar-refractivity contribution < 1.29 is 8.42 Å². The van der Waals surface area contributed by atoms with Gasteiger partial charge in [0.15, 0.2) is 0 Å². The highest BCUT2D eigenvalue weighted by Crippen LogP contribution is 2.24. The van der Waals surface area contributed by atoms with Gasteiger partial charge in [-0.15, -0.1) is 0 Å². The van der Waals surface area contributed by atoms with Crippen molar-refractivity contribution in [1.29, 1.82) is 0 Å². The van der Waals surface area contributed by atoms with Crippen molar-refractivity contribution in [2.24, 2.45) is 0 Å². The van der Waals surface area contributed by atoms with Crippen molar-refractivity contribution in [2.45, 2.75) is 31.1 Å². The molecule has 0 saturated heterocycles. The van der Waals surface area contributed by atoms with Crippen LogP contribution in [0.4, 0.5) is 0 Å². The maximum atomic E-state index is 11.7. The monoisotopic (exact) mass is 225 g/mol. The van der Waals surface area contributed by atoms with Crippen molar-refractivity contribution in [3.63, 3.8) is 0 Å². The van der Waals surface area contributed by atoms with Crippen LogP contribution in [-0.4, -0.2) is 15.0 Å². The van der Waals surface area contributed by atoms with Gasteiger partial charge in [0, 0.05) is 6.54 Å². The van der Waals surface area contributed by atoms with E-state index < -0.39 is 10.0 Å². The first-order valence-electron chi connectivity index (χ1n) is 5.25. The van der Waals surface area contributed by atoms with Gasteiger partial charge in [0.05, 0.1) is 4.90 Å². The Hall–Kier alpha value is -0.870. The maximum Gasteiger partial charge on any atom is 0.240 e. The molecule has 0 unspecified atom stereocenters. The number of aryl methyl sites for hydroxylation is 2. The molecule has 15 heavy (non-hydrogen) atoms. The third-order valence-electron chi connectivity index (χ3n) is 2.71. The van der Waals surface area contributed by atoms with Gasteiger partial charge in [-0.1, -0.05) is 13.0 Å². The van der Waals surface area contributed by atoms with Crippen LogP contribution in [0, 0.1) is 0 Å². The molecule has 0 aliphatic heterocycles. The standard InChI is InChI=1S/C11H15NO2S/c1-2-12-15(13,14)11-7-6-9-4-3-5-10(9)8-11/h6-8,12H,2-5H2,1H3. The molecule has 1 N–H and O–H groups in total. The fourth-order valence-corrected chi connectivity index (χ4v) is 3.08. The Labute approximate surface area is 90.6 Å². The van der Waals surface area contributed by atoms with Crippen molar-refractivity contribution in [1.82, 2.24) is 4.72 Å². The second-order valence-electron chi connectivity index (χ2n) is 3.79. The van der Waals surface area contributed by atoms with Crippen LogP contribution in [0.25, 0.3) is 0 Å². The molecule has 0 heterocycles. The molecule has 1 aromatic rings. The van der Waals surface area contributed by atoms with E-state index in [4.69, 9.17) is 0 Å². The summed E-state index contributed by atoms with van der Waals surface area (Å²) in [7, 11) is -3.28. The van der Waals surface area contributed by atoms with Crippen LogP contribution in [-0.2, 0) is 22.9 Å². The first-order chi connectivity index (χ1) is 7.13. The average Bonchev–Trinajstić information content (AvgIpc) is 2.63. The van der Waals surface area contributed by atoms with Crippen LogP contribution in [0.1, 0.15) is 24.5 Å². The molecule has 1 aliphatic rings. The average molecular weight is 225 g/mol. The summed E-state index contributed by atoms with van der Waals surface area (Å²) in [6.45, 7) is 2.21. The van der Waals surface area contributed by atoms with Gasteiger partial charge in [-0.2, -0.15) is 0 Å². The Kier molecular flexibility index (Phi) is 2.80. The normalized spacial score (nSPS) is 15.3. The fourth-order valence-electron chi connectivity index (χ4n) is 1.99. The molecule has 4 heteroatoms. The van der Waals surface area contributed by atoms with Crippen molar-refractivity contribution in [2.75, 3.05) is 6.54 Å². The minimum absolute atomic E-state index is 0.394. The Morgan fingerprint density at radius 3 is 2.73 bits per heavy atom. The predicted octanol–water partition coefficient (Wildman–Crippen LogP) is 1.47. The first-order valence-corrected chi connectivity index (χ1v) is 6.73. The molecular formula is C11H15NO2S. The third kappa shape index (κ3) is 2.06. The van der Waals surface area contributed by atoms with Crippen LogP contribution < -0.4 is 4.72 Å². The number of hydrogen-bond acceptors (Lipinski definition) is 2. The summed E-state index contributed by atoms with van der Waals surface area (Å²) in [5.41, 5.74) is 2.49. The van der Waals surface area contributed by atoms with Crippen molar-refractivity contribution >= 4 is 10.0 Å². The molecule has 82 valence electrons. The predicted molar refractivity (Wildman–Crippen MR) is 59.3 cm³/mol. The molecule has 0 amide bonds. The van der Waals surface area contributed by atoms with Crippen LogP contribution in [0.3, 0.4) is 0 Å². The summed E-state index contributed by atoms with van der Waals surface area (Å²) < 4.78 is 25.9. The Morgan fingerprint density at radius 2 is 2.00 bits per heavy atom. The molecule has 0 radical (unpaired) electrons. The first kappa shape index (κ1) is 10.6. The lowest BCUT2D eigenvalue weighted by molar-refractivity contribution is 0.584. The number of fused-ring (bicyclic) bond motifs is 1. The second kappa shape index (κ2) is 3.94. The molecular weight excluding hydrogens is 210 g/mol. The maximum absolute atomic E-state index is 11.7. The van der Waals surface area contributed by atoms with E-state index >= 15 is 0 Å². The van der Waals surface area contributed by atoms with E-state index in [0.29, 0.717) is 11.4 Å². The minimum Gasteiger partial charge on any atom is -0.211 e. The molecule has 0 fully saturated rings. The van der Waals surface area contributed by atoms with Gasteiger partial charge in [0.25, 0.3) is 0 Å². The van der Waals surface area contributed by atoms with Gasteiger partial charge in [-0.25, -0.2) is 13.1 Å². The molecule has 1 aliphatic carbocycles. The summed E-state index contributed by atoms with van der Waals surface area (Å²) in [6, 6.07) is 5.44. The Morgan fingerprint density at radius 1 is 1.27 bits per heavy atom. The molecule has 2 rings (SSSR count). The molecule has 0 spiro atoms. The number of hydrogen-bond donors (Lipinski definition) is 1. The smallest absolute Gasteiger partial charge is 0.211 e. The lowest BCUT2D eigenvalue weighted by Crippen LogP contribution is -2.23. The van der Waals surface area contributed by atoms with Gasteiger partial charge in [0.1, 0.15) is 0 Å². The zero-order valence-electron chi connectivity index (χ0n) is 8.79. The zero-order valence-corrected chi connectivity index (χ0v) is 9.60. The molecule has 0 bridgehead atoms. The van der Waals surface area contributed by atoms with E-state index in [2.05, 4.69) is 4.72 Å². The van der Waals surface area contributed by atoms with E-state index in [9.17, 15) is 8.42 Å². The summed E-state index contributed by atoms with van der Waals surface area (Å²) >= 11 is 0. The molecule has 0 saturated carbocycles. The Bertz CT molecular complexity index is 465. The minimum atomic E-state index is -3.28. The largest absolute Gasteiger partial charge is 0.240 e. The zero-order chi connectivity index (χ0) is 10.9. The summed E-state index contributed by atoms with van der Waals surface area (Å²) in [5.74, 6) is 0. The van der Waals surface area contributed by atoms with E-state index in [-0.39, 0.29) is 0 Å². The second-order valence-corrected chi connectivity index (χ2v) is 5.55. The highest BCUT2D eigenvalue weighted by Gasteiger charge is 2.17. The van der Waals surface area contributed by atoms with E-state index in [1.165, 1.54) is 11.1 Å². The summed E-state index contributed by atoms with van der Waals surface area (Å²) in [4.78, 5) is 0.394. The number of sulfonamides is 1. The molecule has 0 aromatic heterocycles. The van der Waals surface area contributed by atoms with Crippen LogP contribution >= 0.6 is 0 Å². The summed E-state index contributed by atoms with van der Waals surface area (Å²) in [6.07, 6.45) is 3.22. The van der Waals surface area contributed by atoms with Crippen molar-refractivity contribution in [3.8, 4) is 0 Å². The lowest BCUT2D eigenvalue weighted by Gasteiger charge is -2.06. The Balaban J connectivity index is 2.38. The molecule has 3 nitrogen and oxygen atoms in total. The topological polar surface area (TPSA) is 46.2 Å². The number of nitrogens with one attached hydrogen (secondary N) is 1.